The van der Waals surface area contributed by atoms with Crippen LogP contribution in [0.1, 0.15) is 46.5 Å². The van der Waals surface area contributed by atoms with E-state index in [4.69, 9.17) is 4.74 Å². The minimum absolute atomic E-state index is 0.178. The van der Waals surface area contributed by atoms with Crippen LogP contribution in [0.5, 0.6) is 0 Å². The van der Waals surface area contributed by atoms with Crippen LogP contribution in [0.25, 0.3) is 0 Å². The Bertz CT molecular complexity index is 333. The monoisotopic (exact) mass is 287 g/mol. The molecule has 0 aromatic carbocycles. The number of aliphatic hydroxyl groups is 1. The van der Waals surface area contributed by atoms with E-state index in [1.165, 1.54) is 0 Å². The first-order valence-electron chi connectivity index (χ1n) is 7.18. The molecule has 1 amide bonds. The van der Waals surface area contributed by atoms with Crippen LogP contribution >= 0.6 is 0 Å². The molecule has 112 valence electrons. The summed E-state index contributed by atoms with van der Waals surface area (Å²) in [6, 6.07) is -0.178. The van der Waals surface area contributed by atoms with Gasteiger partial charge in [-0.25, -0.2) is 4.79 Å². The summed E-state index contributed by atoms with van der Waals surface area (Å²) in [7, 11) is -1.78. The number of ether oxygens (including phenoxy) is 1. The highest BCUT2D eigenvalue weighted by molar-refractivity contribution is 6.79. The highest BCUT2D eigenvalue weighted by atomic mass is 28.3. The van der Waals surface area contributed by atoms with Crippen LogP contribution in [0, 0.1) is 0 Å². The Kier molecular flexibility index (Phi) is 4.73. The van der Waals surface area contributed by atoms with Gasteiger partial charge in [-0.2, -0.15) is 0 Å². The van der Waals surface area contributed by atoms with Crippen LogP contribution < -0.4 is 5.32 Å². The van der Waals surface area contributed by atoms with Crippen molar-refractivity contribution >= 4 is 14.2 Å². The molecule has 0 aromatic rings. The summed E-state index contributed by atoms with van der Waals surface area (Å²) in [5.74, 6) is 0. The summed E-state index contributed by atoms with van der Waals surface area (Å²) in [6.45, 7) is 12.0. The van der Waals surface area contributed by atoms with Crippen molar-refractivity contribution in [1.29, 1.82) is 0 Å². The van der Waals surface area contributed by atoms with E-state index in [2.05, 4.69) is 25.0 Å². The second-order valence-electron chi connectivity index (χ2n) is 7.62. The molecule has 0 radical (unpaired) electrons. The lowest BCUT2D eigenvalue weighted by atomic mass is 9.92. The average molecular weight is 287 g/mol. The Hall–Kier alpha value is -0.553. The molecule has 1 rings (SSSR count). The van der Waals surface area contributed by atoms with Crippen LogP contribution in [0.3, 0.4) is 0 Å². The van der Waals surface area contributed by atoms with Crippen molar-refractivity contribution < 1.29 is 14.6 Å². The second-order valence-corrected chi connectivity index (χ2v) is 13.0. The summed E-state index contributed by atoms with van der Waals surface area (Å²) < 4.78 is 5.30. The smallest absolute Gasteiger partial charge is 0.407 e. The Balaban J connectivity index is 2.77. The third-order valence-corrected chi connectivity index (χ3v) is 7.06. The Morgan fingerprint density at radius 1 is 1.32 bits per heavy atom. The first kappa shape index (κ1) is 16.5. The van der Waals surface area contributed by atoms with Gasteiger partial charge in [-0.1, -0.05) is 32.5 Å². The van der Waals surface area contributed by atoms with E-state index in [1.54, 1.807) is 0 Å². The molecule has 0 heterocycles. The van der Waals surface area contributed by atoms with Gasteiger partial charge in [0.25, 0.3) is 0 Å². The predicted octanol–water partition coefficient (Wildman–Crippen LogP) is 3.06. The summed E-state index contributed by atoms with van der Waals surface area (Å²) in [5, 5.41) is 13.2. The molecule has 2 atom stereocenters. The maximum absolute atomic E-state index is 11.9. The number of hydrogen-bond donors (Lipinski definition) is 2. The third kappa shape index (κ3) is 4.21. The van der Waals surface area contributed by atoms with E-state index in [1.807, 2.05) is 20.8 Å². The van der Waals surface area contributed by atoms with Crippen molar-refractivity contribution in [3.8, 4) is 0 Å². The molecular weight excluding hydrogens is 258 g/mol. The largest absolute Gasteiger partial charge is 0.444 e. The summed E-state index contributed by atoms with van der Waals surface area (Å²) in [5.41, 5.74) is -0.504. The zero-order chi connectivity index (χ0) is 14.9. The minimum Gasteiger partial charge on any atom is -0.444 e. The molecular formula is C14H29NO3Si. The Labute approximate surface area is 117 Å². The molecule has 0 bridgehead atoms. The van der Waals surface area contributed by atoms with Crippen molar-refractivity contribution in [2.75, 3.05) is 0 Å². The molecule has 2 N–H and O–H groups in total. The van der Waals surface area contributed by atoms with E-state index >= 15 is 0 Å². The Morgan fingerprint density at radius 2 is 1.89 bits per heavy atom. The topological polar surface area (TPSA) is 58.6 Å². The van der Waals surface area contributed by atoms with Gasteiger partial charge in [0.05, 0.1) is 19.3 Å². The van der Waals surface area contributed by atoms with Crippen molar-refractivity contribution in [3.63, 3.8) is 0 Å². The molecule has 4 nitrogen and oxygen atoms in total. The minimum atomic E-state index is -1.78. The fourth-order valence-corrected chi connectivity index (χ4v) is 4.88. The van der Waals surface area contributed by atoms with Gasteiger partial charge in [0, 0.05) is 0 Å². The zero-order valence-electron chi connectivity index (χ0n) is 13.2. The first-order valence-corrected chi connectivity index (χ1v) is 10.7. The highest BCUT2D eigenvalue weighted by Crippen LogP contribution is 2.36. The SMILES string of the molecule is CC(C)(C)OC(=O)NC1CCCCC1(O)[Si](C)(C)C. The van der Waals surface area contributed by atoms with Gasteiger partial charge in [-0.3, -0.25) is 0 Å². The van der Waals surface area contributed by atoms with Crippen molar-refractivity contribution in [3.05, 3.63) is 0 Å². The van der Waals surface area contributed by atoms with E-state index in [9.17, 15) is 9.90 Å². The average Bonchev–Trinajstić information content (AvgIpc) is 2.17. The molecule has 0 saturated heterocycles. The molecule has 5 heteroatoms. The first-order chi connectivity index (χ1) is 8.46. The normalized spacial score (nSPS) is 28.9. The molecule has 1 aliphatic carbocycles. The van der Waals surface area contributed by atoms with Crippen molar-refractivity contribution in [2.45, 2.75) is 83.0 Å². The lowest BCUT2D eigenvalue weighted by molar-refractivity contribution is 0.0172. The van der Waals surface area contributed by atoms with Crippen LogP contribution in [0.2, 0.25) is 19.6 Å². The Morgan fingerprint density at radius 3 is 2.37 bits per heavy atom. The van der Waals surface area contributed by atoms with Crippen LogP contribution in [0.4, 0.5) is 4.79 Å². The van der Waals surface area contributed by atoms with Crippen molar-refractivity contribution in [2.24, 2.45) is 0 Å². The maximum Gasteiger partial charge on any atom is 0.407 e. The van der Waals surface area contributed by atoms with Gasteiger partial charge in [0.2, 0.25) is 0 Å². The number of nitrogens with one attached hydrogen (secondary N) is 1. The molecule has 0 aliphatic heterocycles. The summed E-state index contributed by atoms with van der Waals surface area (Å²) in [4.78, 5) is 11.9. The van der Waals surface area contributed by atoms with Crippen molar-refractivity contribution in [1.82, 2.24) is 5.32 Å². The number of carbonyl (C=O) groups is 1. The zero-order valence-corrected chi connectivity index (χ0v) is 14.2. The molecule has 1 saturated carbocycles. The van der Waals surface area contributed by atoms with Gasteiger partial charge in [0.1, 0.15) is 5.60 Å². The van der Waals surface area contributed by atoms with Gasteiger partial charge < -0.3 is 15.2 Å². The van der Waals surface area contributed by atoms with Gasteiger partial charge in [0.15, 0.2) is 0 Å². The highest BCUT2D eigenvalue weighted by Gasteiger charge is 2.49. The van der Waals surface area contributed by atoms with Crippen LogP contribution in [0.15, 0.2) is 0 Å². The fraction of sp³-hybridized carbons (Fsp3) is 0.929. The van der Waals surface area contributed by atoms with E-state index in [-0.39, 0.29) is 6.04 Å². The molecule has 0 spiro atoms. The maximum atomic E-state index is 11.9. The van der Waals surface area contributed by atoms with E-state index in [0.29, 0.717) is 0 Å². The van der Waals surface area contributed by atoms with E-state index in [0.717, 1.165) is 25.7 Å². The second kappa shape index (κ2) is 5.44. The van der Waals surface area contributed by atoms with Gasteiger partial charge in [-0.05, 0) is 33.6 Å². The number of alkyl carbamates (subject to hydrolysis) is 1. The lowest BCUT2D eigenvalue weighted by Crippen LogP contribution is -2.66. The third-order valence-electron chi connectivity index (χ3n) is 3.87. The number of rotatable bonds is 2. The molecule has 1 fully saturated rings. The predicted molar refractivity (Wildman–Crippen MR) is 79.9 cm³/mol. The van der Waals surface area contributed by atoms with Crippen LogP contribution in [-0.4, -0.2) is 36.1 Å². The lowest BCUT2D eigenvalue weighted by Gasteiger charge is -2.47. The van der Waals surface area contributed by atoms with Crippen LogP contribution in [-0.2, 0) is 4.74 Å². The molecule has 19 heavy (non-hydrogen) atoms. The number of hydrogen-bond acceptors (Lipinski definition) is 3. The molecule has 2 unspecified atom stereocenters. The van der Waals surface area contributed by atoms with Gasteiger partial charge in [-0.15, -0.1) is 0 Å². The fourth-order valence-electron chi connectivity index (χ4n) is 2.70. The van der Waals surface area contributed by atoms with Gasteiger partial charge >= 0.3 is 6.09 Å². The molecule has 1 aliphatic rings. The van der Waals surface area contributed by atoms with E-state index < -0.39 is 25.0 Å². The standard InChI is InChI=1S/C14H29NO3Si/c1-13(2,3)18-12(16)15-11-9-7-8-10-14(11,17)19(4,5)6/h11,17H,7-10H2,1-6H3,(H,15,16). The number of amides is 1. The summed E-state index contributed by atoms with van der Waals surface area (Å²) >= 11 is 0. The molecule has 0 aromatic heterocycles. The summed E-state index contributed by atoms with van der Waals surface area (Å²) in [6.07, 6.45) is 3.28. The quantitative estimate of drug-likeness (QED) is 0.767. The number of carbonyl (C=O) groups excluding carboxylic acids is 1.